The van der Waals surface area contributed by atoms with Gasteiger partial charge in [-0.25, -0.2) is 0 Å². The summed E-state index contributed by atoms with van der Waals surface area (Å²) in [6, 6.07) is 5.02. The van der Waals surface area contributed by atoms with Crippen molar-refractivity contribution in [2.75, 3.05) is 7.05 Å². The van der Waals surface area contributed by atoms with Crippen LogP contribution in [0, 0.1) is 5.41 Å². The van der Waals surface area contributed by atoms with Crippen molar-refractivity contribution in [1.82, 2.24) is 10.2 Å². The van der Waals surface area contributed by atoms with E-state index in [1.165, 1.54) is 4.90 Å². The Morgan fingerprint density at radius 2 is 2.12 bits per heavy atom. The summed E-state index contributed by atoms with van der Waals surface area (Å²) in [6.07, 6.45) is 1.62. The van der Waals surface area contributed by atoms with Crippen LogP contribution >= 0.6 is 23.2 Å². The molecule has 1 aromatic carbocycles. The molecule has 0 unspecified atom stereocenters. The van der Waals surface area contributed by atoms with Gasteiger partial charge in [0.2, 0.25) is 5.96 Å². The Balaban J connectivity index is 2.42. The average molecular weight is 270 g/mol. The molecule has 1 amide bonds. The van der Waals surface area contributed by atoms with Crippen LogP contribution in [0.1, 0.15) is 5.56 Å². The van der Waals surface area contributed by atoms with Crippen LogP contribution in [-0.2, 0) is 4.79 Å². The molecule has 0 aliphatic carbocycles. The van der Waals surface area contributed by atoms with Crippen LogP contribution in [-0.4, -0.2) is 23.8 Å². The lowest BCUT2D eigenvalue weighted by molar-refractivity contribution is -0.115. The summed E-state index contributed by atoms with van der Waals surface area (Å²) < 4.78 is 0. The number of halogens is 2. The van der Waals surface area contributed by atoms with Crippen molar-refractivity contribution in [3.8, 4) is 0 Å². The van der Waals surface area contributed by atoms with Gasteiger partial charge in [0.25, 0.3) is 5.91 Å². The maximum Gasteiger partial charge on any atom is 0.274 e. The monoisotopic (exact) mass is 269 g/mol. The Morgan fingerprint density at radius 1 is 1.41 bits per heavy atom. The molecule has 4 nitrogen and oxygen atoms in total. The maximum atomic E-state index is 11.5. The molecule has 0 radical (unpaired) electrons. The molecular weight excluding hydrogens is 261 g/mol. The molecule has 1 aliphatic heterocycles. The molecule has 1 heterocycles. The van der Waals surface area contributed by atoms with Crippen molar-refractivity contribution in [3.63, 3.8) is 0 Å². The second-order valence-electron chi connectivity index (χ2n) is 3.56. The first kappa shape index (κ1) is 12.0. The molecule has 2 N–H and O–H groups in total. The highest BCUT2D eigenvalue weighted by Crippen LogP contribution is 2.24. The standard InChI is InChI=1S/C11H9Cl2N3O/c1-16-9(10(17)15-11(16)14)4-6-2-3-7(12)5-8(6)13/h2-5H,1H3,(H2,14,15,17)/b9-4-. The molecule has 2 rings (SSSR count). The molecule has 1 saturated heterocycles. The van der Waals surface area contributed by atoms with Crippen LogP contribution in [0.4, 0.5) is 0 Å². The number of hydrogen-bond donors (Lipinski definition) is 2. The normalized spacial score (nSPS) is 17.8. The van der Waals surface area contributed by atoms with Crippen LogP contribution in [0.3, 0.4) is 0 Å². The molecule has 88 valence electrons. The number of hydrogen-bond acceptors (Lipinski definition) is 2. The Kier molecular flexibility index (Phi) is 3.09. The molecule has 0 spiro atoms. The lowest BCUT2D eigenvalue weighted by Crippen LogP contribution is -2.25. The first-order chi connectivity index (χ1) is 7.99. The molecule has 6 heteroatoms. The Bertz CT molecular complexity index is 540. The van der Waals surface area contributed by atoms with Crippen molar-refractivity contribution >= 4 is 41.1 Å². The number of amides is 1. The van der Waals surface area contributed by atoms with Gasteiger partial charge >= 0.3 is 0 Å². The van der Waals surface area contributed by atoms with Crippen LogP contribution < -0.4 is 5.32 Å². The van der Waals surface area contributed by atoms with E-state index in [1.54, 1.807) is 31.3 Å². The minimum Gasteiger partial charge on any atom is -0.311 e. The third kappa shape index (κ3) is 2.28. The van der Waals surface area contributed by atoms with Crippen LogP contribution in [0.25, 0.3) is 6.08 Å². The highest BCUT2D eigenvalue weighted by Gasteiger charge is 2.26. The molecule has 1 aromatic rings. The van der Waals surface area contributed by atoms with Gasteiger partial charge in [0.05, 0.1) is 0 Å². The van der Waals surface area contributed by atoms with Crippen molar-refractivity contribution in [2.45, 2.75) is 0 Å². The summed E-state index contributed by atoms with van der Waals surface area (Å²) in [4.78, 5) is 13.0. The molecule has 0 atom stereocenters. The van der Waals surface area contributed by atoms with Gasteiger partial charge in [-0.2, -0.15) is 0 Å². The van der Waals surface area contributed by atoms with E-state index in [-0.39, 0.29) is 11.9 Å². The maximum absolute atomic E-state index is 11.5. The summed E-state index contributed by atoms with van der Waals surface area (Å²) in [6.45, 7) is 0. The second kappa shape index (κ2) is 4.39. The van der Waals surface area contributed by atoms with E-state index in [9.17, 15) is 4.79 Å². The predicted octanol–water partition coefficient (Wildman–Crippen LogP) is 2.33. The van der Waals surface area contributed by atoms with Gasteiger partial charge in [0, 0.05) is 17.1 Å². The molecule has 1 aliphatic rings. The summed E-state index contributed by atoms with van der Waals surface area (Å²) >= 11 is 11.8. The van der Waals surface area contributed by atoms with Gasteiger partial charge in [0.1, 0.15) is 5.70 Å². The largest absolute Gasteiger partial charge is 0.311 e. The van der Waals surface area contributed by atoms with Crippen molar-refractivity contribution < 1.29 is 4.79 Å². The van der Waals surface area contributed by atoms with Crippen LogP contribution in [0.5, 0.6) is 0 Å². The SMILES string of the molecule is CN1C(=N)NC(=O)/C1=C/c1ccc(Cl)cc1Cl. The molecule has 1 fully saturated rings. The van der Waals surface area contributed by atoms with E-state index in [0.29, 0.717) is 21.3 Å². The summed E-state index contributed by atoms with van der Waals surface area (Å²) in [5.74, 6) is -0.269. The number of carbonyl (C=O) groups is 1. The third-order valence-corrected chi connectivity index (χ3v) is 2.98. The highest BCUT2D eigenvalue weighted by molar-refractivity contribution is 6.35. The van der Waals surface area contributed by atoms with Gasteiger partial charge in [-0.3, -0.25) is 15.5 Å². The first-order valence-electron chi connectivity index (χ1n) is 4.79. The lowest BCUT2D eigenvalue weighted by atomic mass is 10.2. The number of nitrogens with zero attached hydrogens (tertiary/aromatic N) is 1. The topological polar surface area (TPSA) is 56.2 Å². The average Bonchev–Trinajstić information content (AvgIpc) is 2.48. The number of carbonyl (C=O) groups excluding carboxylic acids is 1. The zero-order chi connectivity index (χ0) is 12.6. The second-order valence-corrected chi connectivity index (χ2v) is 4.40. The predicted molar refractivity (Wildman–Crippen MR) is 68.1 cm³/mol. The highest BCUT2D eigenvalue weighted by atomic mass is 35.5. The van der Waals surface area contributed by atoms with Crippen LogP contribution in [0.15, 0.2) is 23.9 Å². The van der Waals surface area contributed by atoms with Crippen LogP contribution in [0.2, 0.25) is 10.0 Å². The van der Waals surface area contributed by atoms with Gasteiger partial charge in [-0.1, -0.05) is 29.3 Å². The fourth-order valence-electron chi connectivity index (χ4n) is 1.46. The zero-order valence-corrected chi connectivity index (χ0v) is 10.4. The number of nitrogens with one attached hydrogen (secondary N) is 2. The third-order valence-electron chi connectivity index (χ3n) is 2.42. The molecule has 0 saturated carbocycles. The number of likely N-dealkylation sites (N-methyl/N-ethyl adjacent to an activating group) is 1. The van der Waals surface area contributed by atoms with E-state index in [0.717, 1.165) is 0 Å². The Morgan fingerprint density at radius 3 is 2.65 bits per heavy atom. The molecular formula is C11H9Cl2N3O. The minimum absolute atomic E-state index is 0.0475. The van der Waals surface area contributed by atoms with Crippen molar-refractivity contribution in [3.05, 3.63) is 39.5 Å². The fraction of sp³-hybridized carbons (Fsp3) is 0.0909. The van der Waals surface area contributed by atoms with Gasteiger partial charge in [-0.05, 0) is 23.8 Å². The number of guanidine groups is 1. The molecule has 0 aromatic heterocycles. The first-order valence-corrected chi connectivity index (χ1v) is 5.55. The quantitative estimate of drug-likeness (QED) is 0.769. The van der Waals surface area contributed by atoms with E-state index in [4.69, 9.17) is 28.6 Å². The fourth-order valence-corrected chi connectivity index (χ4v) is 1.92. The zero-order valence-electron chi connectivity index (χ0n) is 8.92. The molecule has 17 heavy (non-hydrogen) atoms. The minimum atomic E-state index is -0.316. The van der Waals surface area contributed by atoms with E-state index in [1.807, 2.05) is 0 Å². The van der Waals surface area contributed by atoms with Crippen molar-refractivity contribution in [1.29, 1.82) is 5.41 Å². The number of rotatable bonds is 1. The Hall–Kier alpha value is -1.52. The summed E-state index contributed by atoms with van der Waals surface area (Å²) in [7, 11) is 1.63. The van der Waals surface area contributed by atoms with Gasteiger partial charge in [0.15, 0.2) is 0 Å². The lowest BCUT2D eigenvalue weighted by Gasteiger charge is -2.09. The van der Waals surface area contributed by atoms with Gasteiger partial charge in [-0.15, -0.1) is 0 Å². The summed E-state index contributed by atoms with van der Waals surface area (Å²) in [5.41, 5.74) is 1.06. The summed E-state index contributed by atoms with van der Waals surface area (Å²) in [5, 5.41) is 10.9. The smallest absolute Gasteiger partial charge is 0.274 e. The molecule has 0 bridgehead atoms. The van der Waals surface area contributed by atoms with E-state index in [2.05, 4.69) is 5.32 Å². The van der Waals surface area contributed by atoms with Gasteiger partial charge < -0.3 is 4.90 Å². The van der Waals surface area contributed by atoms with E-state index >= 15 is 0 Å². The van der Waals surface area contributed by atoms with E-state index < -0.39 is 0 Å². The van der Waals surface area contributed by atoms with Crippen molar-refractivity contribution in [2.24, 2.45) is 0 Å². The Labute approximate surface area is 108 Å². The number of benzene rings is 1.